The van der Waals surface area contributed by atoms with Gasteiger partial charge >= 0.3 is 0 Å². The van der Waals surface area contributed by atoms with Gasteiger partial charge in [0.2, 0.25) is 0 Å². The van der Waals surface area contributed by atoms with Gasteiger partial charge in [-0.1, -0.05) is 42.2 Å². The summed E-state index contributed by atoms with van der Waals surface area (Å²) in [6.45, 7) is 2.61. The number of rotatable bonds is 4. The van der Waals surface area contributed by atoms with Crippen LogP contribution in [0.3, 0.4) is 0 Å². The number of nitrogens with two attached hydrogens (primary N) is 1. The lowest BCUT2D eigenvalue weighted by molar-refractivity contribution is 0.712. The number of nitrogens with zero attached hydrogens (tertiary/aromatic N) is 4. The molecule has 0 amide bonds. The van der Waals surface area contributed by atoms with Crippen LogP contribution in [-0.2, 0) is 6.54 Å². The monoisotopic (exact) mass is 424 g/mol. The third-order valence-electron chi connectivity index (χ3n) is 4.81. The van der Waals surface area contributed by atoms with Gasteiger partial charge in [0, 0.05) is 11.1 Å². The van der Waals surface area contributed by atoms with Gasteiger partial charge in [-0.25, -0.2) is 9.97 Å². The molecule has 1 unspecified atom stereocenters. The molecule has 7 heteroatoms. The van der Waals surface area contributed by atoms with Crippen LogP contribution in [0.1, 0.15) is 17.4 Å². The van der Waals surface area contributed by atoms with Crippen LogP contribution in [0.5, 0.6) is 0 Å². The molecule has 0 aliphatic rings. The Balaban J connectivity index is 1.43. The Morgan fingerprint density at radius 3 is 2.84 bits per heavy atom. The molecule has 0 spiro atoms. The molecule has 2 aromatic carbocycles. The van der Waals surface area contributed by atoms with E-state index in [-0.39, 0.29) is 6.04 Å². The topological polar surface area (TPSA) is 81.7 Å². The van der Waals surface area contributed by atoms with Gasteiger partial charge in [0.15, 0.2) is 5.82 Å². The Bertz CT molecular complexity index is 1420. The van der Waals surface area contributed by atoms with Gasteiger partial charge in [0.1, 0.15) is 6.33 Å². The zero-order valence-corrected chi connectivity index (χ0v) is 17.7. The lowest BCUT2D eigenvalue weighted by atomic mass is 10.2. The third kappa shape index (κ3) is 4.12. The number of nitrogens with one attached hydrogen (secondary N) is 1. The van der Waals surface area contributed by atoms with E-state index in [0.29, 0.717) is 0 Å². The summed E-state index contributed by atoms with van der Waals surface area (Å²) in [7, 11) is 0. The Hall–Kier alpha value is -3.73. The minimum absolute atomic E-state index is 0.163. The van der Waals surface area contributed by atoms with Crippen LogP contribution in [0.15, 0.2) is 67.1 Å². The summed E-state index contributed by atoms with van der Waals surface area (Å²) in [5.74, 6) is 6.86. The predicted molar refractivity (Wildman–Crippen MR) is 127 cm³/mol. The van der Waals surface area contributed by atoms with Crippen molar-refractivity contribution in [1.29, 1.82) is 0 Å². The highest BCUT2D eigenvalue weighted by Crippen LogP contribution is 2.31. The number of thiophene rings is 1. The fourth-order valence-electron chi connectivity index (χ4n) is 3.37. The number of anilines is 2. The van der Waals surface area contributed by atoms with Crippen molar-refractivity contribution in [3.63, 3.8) is 0 Å². The molecule has 3 heterocycles. The van der Waals surface area contributed by atoms with E-state index >= 15 is 0 Å². The van der Waals surface area contributed by atoms with Crippen LogP contribution in [0.25, 0.3) is 21.1 Å². The highest BCUT2D eigenvalue weighted by Gasteiger charge is 2.10. The molecule has 5 rings (SSSR count). The van der Waals surface area contributed by atoms with Crippen LogP contribution in [0.2, 0.25) is 0 Å². The van der Waals surface area contributed by atoms with Crippen LogP contribution in [0, 0.1) is 11.8 Å². The van der Waals surface area contributed by atoms with E-state index in [9.17, 15) is 0 Å². The molecule has 0 saturated heterocycles. The van der Waals surface area contributed by atoms with Gasteiger partial charge in [-0.15, -0.1) is 11.3 Å². The number of fused-ring (bicyclic) bond motifs is 2. The number of aromatic nitrogens is 4. The first-order chi connectivity index (χ1) is 15.2. The zero-order chi connectivity index (χ0) is 21.2. The molecule has 5 aromatic rings. The molecule has 3 aromatic heterocycles. The van der Waals surface area contributed by atoms with Crippen LogP contribution in [-0.4, -0.2) is 25.8 Å². The Kier molecular flexibility index (Phi) is 5.08. The molecule has 152 valence electrons. The lowest BCUT2D eigenvalue weighted by Gasteiger charge is -2.07. The van der Waals surface area contributed by atoms with Crippen molar-refractivity contribution in [2.45, 2.75) is 19.5 Å². The van der Waals surface area contributed by atoms with E-state index in [0.717, 1.165) is 44.0 Å². The first kappa shape index (κ1) is 19.2. The Morgan fingerprint density at radius 2 is 2.00 bits per heavy atom. The molecular formula is C24H20N6S. The molecular weight excluding hydrogens is 404 g/mol. The fourth-order valence-corrected chi connectivity index (χ4v) is 4.29. The minimum atomic E-state index is -0.163. The van der Waals surface area contributed by atoms with E-state index in [4.69, 9.17) is 5.73 Å². The summed E-state index contributed by atoms with van der Waals surface area (Å²) in [6, 6.07) is 18.4. The van der Waals surface area contributed by atoms with Crippen molar-refractivity contribution in [3.8, 4) is 11.8 Å². The first-order valence-electron chi connectivity index (χ1n) is 9.94. The fraction of sp³-hybridized carbons (Fsp3) is 0.125. The van der Waals surface area contributed by atoms with Gasteiger partial charge in [-0.05, 0) is 36.8 Å². The second kappa shape index (κ2) is 8.19. The SMILES string of the molecule is CC(N)C#Cc1cc2ncnc(Nc3ccc4c(cnn4Cc4ccccc4)c3)c2s1. The molecule has 0 aliphatic heterocycles. The standard InChI is InChI=1S/C24H20N6S/c1-16(25)7-9-20-12-21-23(31-20)24(27-15-26-21)29-19-8-10-22-18(11-19)13-28-30(22)14-17-5-3-2-4-6-17/h2-6,8,10-13,15-16H,14,25H2,1H3,(H,26,27,29). The largest absolute Gasteiger partial charge is 0.339 e. The molecule has 0 radical (unpaired) electrons. The molecule has 0 aliphatic carbocycles. The van der Waals surface area contributed by atoms with Gasteiger partial charge in [-0.2, -0.15) is 5.10 Å². The highest BCUT2D eigenvalue weighted by atomic mass is 32.1. The molecule has 0 bridgehead atoms. The second-order valence-electron chi connectivity index (χ2n) is 7.29. The van der Waals surface area contributed by atoms with E-state index < -0.39 is 0 Å². The Morgan fingerprint density at radius 1 is 1.13 bits per heavy atom. The maximum Gasteiger partial charge on any atom is 0.151 e. The molecule has 0 saturated carbocycles. The average Bonchev–Trinajstić information content (AvgIpc) is 3.37. The number of hydrogen-bond acceptors (Lipinski definition) is 6. The summed E-state index contributed by atoms with van der Waals surface area (Å²) in [5, 5.41) is 9.06. The van der Waals surface area contributed by atoms with Crippen molar-refractivity contribution in [1.82, 2.24) is 19.7 Å². The molecule has 6 nitrogen and oxygen atoms in total. The minimum Gasteiger partial charge on any atom is -0.339 e. The van der Waals surface area contributed by atoms with Gasteiger partial charge < -0.3 is 11.1 Å². The summed E-state index contributed by atoms with van der Waals surface area (Å²) >= 11 is 1.56. The third-order valence-corrected chi connectivity index (χ3v) is 5.86. The summed E-state index contributed by atoms with van der Waals surface area (Å²) in [5.41, 5.74) is 9.87. The van der Waals surface area contributed by atoms with E-state index in [1.54, 1.807) is 17.7 Å². The quantitative estimate of drug-likeness (QED) is 0.414. The average molecular weight is 425 g/mol. The van der Waals surface area contributed by atoms with Crippen molar-refractivity contribution in [2.24, 2.45) is 5.73 Å². The molecule has 31 heavy (non-hydrogen) atoms. The highest BCUT2D eigenvalue weighted by molar-refractivity contribution is 7.20. The van der Waals surface area contributed by atoms with Crippen LogP contribution >= 0.6 is 11.3 Å². The maximum atomic E-state index is 5.74. The summed E-state index contributed by atoms with van der Waals surface area (Å²) in [6.07, 6.45) is 3.46. The van der Waals surface area contributed by atoms with Crippen LogP contribution in [0.4, 0.5) is 11.5 Å². The molecule has 0 fully saturated rings. The first-order valence-corrected chi connectivity index (χ1v) is 10.8. The zero-order valence-electron chi connectivity index (χ0n) is 16.9. The van der Waals surface area contributed by atoms with Gasteiger partial charge in [0.05, 0.1) is 39.4 Å². The molecule has 1 atom stereocenters. The molecule has 3 N–H and O–H groups in total. The van der Waals surface area contributed by atoms with Crippen molar-refractivity contribution in [2.75, 3.05) is 5.32 Å². The summed E-state index contributed by atoms with van der Waals surface area (Å²) in [4.78, 5) is 9.74. The van der Waals surface area contributed by atoms with Crippen molar-refractivity contribution in [3.05, 3.63) is 77.6 Å². The van der Waals surface area contributed by atoms with Gasteiger partial charge in [0.25, 0.3) is 0 Å². The summed E-state index contributed by atoms with van der Waals surface area (Å²) < 4.78 is 2.98. The maximum absolute atomic E-state index is 5.74. The van der Waals surface area contributed by atoms with Crippen molar-refractivity contribution >= 4 is 44.0 Å². The lowest BCUT2D eigenvalue weighted by Crippen LogP contribution is -2.10. The smallest absolute Gasteiger partial charge is 0.151 e. The Labute approximate surface area is 183 Å². The van der Waals surface area contributed by atoms with Crippen LogP contribution < -0.4 is 11.1 Å². The van der Waals surface area contributed by atoms with E-state index in [2.05, 4.69) is 56.5 Å². The van der Waals surface area contributed by atoms with Crippen molar-refractivity contribution < 1.29 is 0 Å². The van der Waals surface area contributed by atoms with E-state index in [1.165, 1.54) is 5.56 Å². The normalized spacial score (nSPS) is 11.9. The number of benzene rings is 2. The predicted octanol–water partition coefficient (Wildman–Crippen LogP) is 4.53. The van der Waals surface area contributed by atoms with Gasteiger partial charge in [-0.3, -0.25) is 4.68 Å². The second-order valence-corrected chi connectivity index (χ2v) is 8.34. The van der Waals surface area contributed by atoms with E-state index in [1.807, 2.05) is 48.1 Å². The number of hydrogen-bond donors (Lipinski definition) is 2.